The standard InChI is InChI=1S/C22H34O6/c1-2-3-4-5-6-7-8-9-10-11-19(20(24)25)22(28,21(26)27)16-17-12-14-18(23)15-13-17/h12-15,19,23,28H,2-11,16H2,1H3,(H,24,25)(H,26,27)/t19-,22+/m1/s1. The van der Waals surface area contributed by atoms with E-state index in [2.05, 4.69) is 6.92 Å². The first-order chi connectivity index (χ1) is 13.3. The molecular formula is C22H34O6. The maximum absolute atomic E-state index is 11.7. The third-order valence-electron chi connectivity index (χ3n) is 5.25. The first kappa shape index (κ1) is 24.0. The van der Waals surface area contributed by atoms with Crippen LogP contribution in [0.4, 0.5) is 0 Å². The van der Waals surface area contributed by atoms with Gasteiger partial charge in [0.25, 0.3) is 0 Å². The highest BCUT2D eigenvalue weighted by atomic mass is 16.4. The molecule has 1 aromatic carbocycles. The third kappa shape index (κ3) is 7.89. The molecule has 0 amide bonds. The zero-order valence-corrected chi connectivity index (χ0v) is 16.8. The number of aliphatic hydroxyl groups is 1. The molecule has 158 valence electrons. The molecule has 4 N–H and O–H groups in total. The van der Waals surface area contributed by atoms with Crippen LogP contribution in [-0.2, 0) is 16.0 Å². The van der Waals surface area contributed by atoms with Crippen molar-refractivity contribution in [1.82, 2.24) is 0 Å². The van der Waals surface area contributed by atoms with Crippen molar-refractivity contribution in [2.75, 3.05) is 0 Å². The van der Waals surface area contributed by atoms with Gasteiger partial charge in [0.15, 0.2) is 5.60 Å². The molecule has 6 heteroatoms. The van der Waals surface area contributed by atoms with E-state index in [0.29, 0.717) is 12.0 Å². The van der Waals surface area contributed by atoms with Crippen LogP contribution in [-0.4, -0.2) is 38.0 Å². The minimum absolute atomic E-state index is 0.0205. The molecule has 6 nitrogen and oxygen atoms in total. The van der Waals surface area contributed by atoms with Gasteiger partial charge < -0.3 is 20.4 Å². The molecule has 0 unspecified atom stereocenters. The summed E-state index contributed by atoms with van der Waals surface area (Å²) in [5.41, 5.74) is -1.93. The Hall–Kier alpha value is -2.08. The number of carboxylic acids is 2. The van der Waals surface area contributed by atoms with E-state index in [1.165, 1.54) is 56.4 Å². The number of rotatable bonds is 15. The number of hydrogen-bond acceptors (Lipinski definition) is 4. The lowest BCUT2D eigenvalue weighted by atomic mass is 9.79. The van der Waals surface area contributed by atoms with E-state index in [-0.39, 0.29) is 18.6 Å². The third-order valence-corrected chi connectivity index (χ3v) is 5.25. The number of carbonyl (C=O) groups is 2. The van der Waals surface area contributed by atoms with Crippen molar-refractivity contribution in [3.8, 4) is 5.75 Å². The predicted octanol–water partition coefficient (Wildman–Crippen LogP) is 4.37. The largest absolute Gasteiger partial charge is 0.508 e. The summed E-state index contributed by atoms with van der Waals surface area (Å²) in [6, 6.07) is 5.74. The van der Waals surface area contributed by atoms with E-state index in [1.807, 2.05) is 0 Å². The molecule has 0 aliphatic heterocycles. The molecule has 28 heavy (non-hydrogen) atoms. The quantitative estimate of drug-likeness (QED) is 0.328. The number of hydrogen-bond donors (Lipinski definition) is 4. The second-order valence-corrected chi connectivity index (χ2v) is 7.58. The SMILES string of the molecule is CCCCCCCCCCC[C@H](C(=O)O)[C@@](O)(Cc1ccc(O)cc1)C(=O)O. The van der Waals surface area contributed by atoms with Crippen LogP contribution in [0.2, 0.25) is 0 Å². The summed E-state index contributed by atoms with van der Waals surface area (Å²) >= 11 is 0. The summed E-state index contributed by atoms with van der Waals surface area (Å²) in [5.74, 6) is -4.21. The van der Waals surface area contributed by atoms with Crippen LogP contribution in [0.1, 0.15) is 76.7 Å². The van der Waals surface area contributed by atoms with Crippen molar-refractivity contribution >= 4 is 11.9 Å². The fourth-order valence-electron chi connectivity index (χ4n) is 3.50. The second-order valence-electron chi connectivity index (χ2n) is 7.58. The van der Waals surface area contributed by atoms with Gasteiger partial charge in [-0.3, -0.25) is 4.79 Å². The van der Waals surface area contributed by atoms with Gasteiger partial charge in [-0.05, 0) is 24.1 Å². The highest BCUT2D eigenvalue weighted by Gasteiger charge is 2.47. The van der Waals surface area contributed by atoms with Crippen LogP contribution in [0.25, 0.3) is 0 Å². The van der Waals surface area contributed by atoms with Crippen molar-refractivity contribution in [3.05, 3.63) is 29.8 Å². The Bertz CT molecular complexity index is 598. The Morgan fingerprint density at radius 2 is 1.39 bits per heavy atom. The first-order valence-corrected chi connectivity index (χ1v) is 10.3. The predicted molar refractivity (Wildman–Crippen MR) is 107 cm³/mol. The maximum Gasteiger partial charge on any atom is 0.336 e. The van der Waals surface area contributed by atoms with Crippen LogP contribution in [0, 0.1) is 5.92 Å². The highest BCUT2D eigenvalue weighted by molar-refractivity contribution is 5.86. The van der Waals surface area contributed by atoms with Crippen molar-refractivity contribution in [2.45, 2.75) is 83.2 Å². The molecule has 0 aliphatic carbocycles. The number of aliphatic carboxylic acids is 2. The lowest BCUT2D eigenvalue weighted by Gasteiger charge is -2.30. The van der Waals surface area contributed by atoms with Crippen molar-refractivity contribution in [1.29, 1.82) is 0 Å². The summed E-state index contributed by atoms with van der Waals surface area (Å²) in [6.07, 6.45) is 9.38. The van der Waals surface area contributed by atoms with Gasteiger partial charge in [-0.1, -0.05) is 76.8 Å². The lowest BCUT2D eigenvalue weighted by molar-refractivity contribution is -0.174. The van der Waals surface area contributed by atoms with Crippen molar-refractivity contribution < 1.29 is 30.0 Å². The number of phenolic OH excluding ortho intramolecular Hbond substituents is 1. The number of unbranched alkanes of at least 4 members (excludes halogenated alkanes) is 8. The normalized spacial score (nSPS) is 14.4. The zero-order valence-electron chi connectivity index (χ0n) is 16.8. The molecule has 0 saturated carbocycles. The number of aromatic hydroxyl groups is 1. The zero-order chi connectivity index (χ0) is 21.0. The molecule has 0 fully saturated rings. The van der Waals surface area contributed by atoms with Crippen LogP contribution in [0.3, 0.4) is 0 Å². The minimum Gasteiger partial charge on any atom is -0.508 e. The van der Waals surface area contributed by atoms with E-state index >= 15 is 0 Å². The molecule has 0 heterocycles. The number of benzene rings is 1. The van der Waals surface area contributed by atoms with E-state index < -0.39 is 23.5 Å². The van der Waals surface area contributed by atoms with Gasteiger partial charge in [-0.2, -0.15) is 0 Å². The Morgan fingerprint density at radius 1 is 0.893 bits per heavy atom. The fraction of sp³-hybridized carbons (Fsp3) is 0.636. The monoisotopic (exact) mass is 394 g/mol. The Balaban J connectivity index is 2.58. The summed E-state index contributed by atoms with van der Waals surface area (Å²) < 4.78 is 0. The van der Waals surface area contributed by atoms with Crippen molar-refractivity contribution in [2.24, 2.45) is 5.92 Å². The van der Waals surface area contributed by atoms with Gasteiger partial charge in [0.05, 0.1) is 5.92 Å². The van der Waals surface area contributed by atoms with Gasteiger partial charge in [-0.25, -0.2) is 4.79 Å². The van der Waals surface area contributed by atoms with Gasteiger partial charge >= 0.3 is 11.9 Å². The van der Waals surface area contributed by atoms with E-state index in [0.717, 1.165) is 19.3 Å². The summed E-state index contributed by atoms with van der Waals surface area (Å²) in [6.45, 7) is 2.18. The average Bonchev–Trinajstić information content (AvgIpc) is 2.64. The summed E-state index contributed by atoms with van der Waals surface area (Å²) in [7, 11) is 0. The molecule has 1 aromatic rings. The maximum atomic E-state index is 11.7. The van der Waals surface area contributed by atoms with Gasteiger partial charge in [0.2, 0.25) is 0 Å². The Morgan fingerprint density at radius 3 is 1.86 bits per heavy atom. The van der Waals surface area contributed by atoms with Gasteiger partial charge in [0.1, 0.15) is 5.75 Å². The molecule has 1 rings (SSSR count). The molecule has 0 radical (unpaired) electrons. The Labute approximate surface area is 167 Å². The second kappa shape index (κ2) is 12.4. The number of carboxylic acid groups (broad SMARTS) is 2. The van der Waals surface area contributed by atoms with E-state index in [4.69, 9.17) is 0 Å². The van der Waals surface area contributed by atoms with Gasteiger partial charge in [0, 0.05) is 6.42 Å². The van der Waals surface area contributed by atoms with Crippen molar-refractivity contribution in [3.63, 3.8) is 0 Å². The molecule has 0 aliphatic rings. The molecule has 2 atom stereocenters. The van der Waals surface area contributed by atoms with Crippen LogP contribution < -0.4 is 0 Å². The van der Waals surface area contributed by atoms with Crippen LogP contribution in [0.5, 0.6) is 5.75 Å². The summed E-state index contributed by atoms with van der Waals surface area (Å²) in [5, 5.41) is 39.1. The molecule has 0 bridgehead atoms. The molecular weight excluding hydrogens is 360 g/mol. The minimum atomic E-state index is -2.39. The van der Waals surface area contributed by atoms with Gasteiger partial charge in [-0.15, -0.1) is 0 Å². The average molecular weight is 395 g/mol. The molecule has 0 aromatic heterocycles. The van der Waals surface area contributed by atoms with Crippen LogP contribution in [0.15, 0.2) is 24.3 Å². The van der Waals surface area contributed by atoms with E-state index in [1.54, 1.807) is 0 Å². The molecule has 0 saturated heterocycles. The highest BCUT2D eigenvalue weighted by Crippen LogP contribution is 2.29. The molecule has 0 spiro atoms. The smallest absolute Gasteiger partial charge is 0.336 e. The summed E-state index contributed by atoms with van der Waals surface area (Å²) in [4.78, 5) is 23.4. The Kier molecular flexibility index (Phi) is 10.6. The fourth-order valence-corrected chi connectivity index (χ4v) is 3.50. The topological polar surface area (TPSA) is 115 Å². The lowest BCUT2D eigenvalue weighted by Crippen LogP contribution is -2.51. The number of phenols is 1. The van der Waals surface area contributed by atoms with Crippen LogP contribution >= 0.6 is 0 Å². The van der Waals surface area contributed by atoms with E-state index in [9.17, 15) is 30.0 Å². The first-order valence-electron chi connectivity index (χ1n) is 10.3.